The summed E-state index contributed by atoms with van der Waals surface area (Å²) in [4.78, 5) is 16.3. The summed E-state index contributed by atoms with van der Waals surface area (Å²) in [5.74, 6) is 0.0683. The molecule has 0 radical (unpaired) electrons. The number of nitrogens with one attached hydrogen (secondary N) is 1. The van der Waals surface area contributed by atoms with Gasteiger partial charge in [-0.25, -0.2) is 0 Å². The minimum atomic E-state index is 0.0683. The van der Waals surface area contributed by atoms with Crippen LogP contribution in [0, 0.1) is 0 Å². The Morgan fingerprint density at radius 3 is 2.85 bits per heavy atom. The second kappa shape index (κ2) is 9.15. The van der Waals surface area contributed by atoms with Crippen molar-refractivity contribution in [2.45, 2.75) is 32.4 Å². The van der Waals surface area contributed by atoms with Crippen molar-refractivity contribution in [3.63, 3.8) is 0 Å². The molecule has 2 aromatic heterocycles. The van der Waals surface area contributed by atoms with Crippen LogP contribution in [0.2, 0.25) is 0 Å². The topological polar surface area (TPSA) is 56.1 Å². The van der Waals surface area contributed by atoms with Crippen molar-refractivity contribution < 1.29 is 9.53 Å². The van der Waals surface area contributed by atoms with E-state index in [0.717, 1.165) is 25.1 Å². The number of carbonyl (C=O) groups is 1. The molecule has 0 spiro atoms. The molecular formula is C21H25N3O2. The zero-order valence-corrected chi connectivity index (χ0v) is 15.1. The lowest BCUT2D eigenvalue weighted by Crippen LogP contribution is -2.22. The molecule has 0 bridgehead atoms. The fourth-order valence-corrected chi connectivity index (χ4v) is 3.12. The molecule has 1 N–H and O–H groups in total. The van der Waals surface area contributed by atoms with Crippen LogP contribution in [0.5, 0.6) is 0 Å². The number of carbonyl (C=O) groups excluding carboxylic acids is 1. The van der Waals surface area contributed by atoms with Crippen LogP contribution in [-0.2, 0) is 29.0 Å². The van der Waals surface area contributed by atoms with E-state index in [4.69, 9.17) is 4.74 Å². The minimum Gasteiger partial charge on any atom is -0.383 e. The van der Waals surface area contributed by atoms with E-state index in [1.54, 1.807) is 13.3 Å². The van der Waals surface area contributed by atoms with Gasteiger partial charge in [-0.05, 0) is 36.6 Å². The summed E-state index contributed by atoms with van der Waals surface area (Å²) in [5.41, 5.74) is 3.38. The number of fused-ring (bicyclic) bond motifs is 1. The molecule has 0 aliphatic heterocycles. The lowest BCUT2D eigenvalue weighted by Gasteiger charge is -2.04. The smallest absolute Gasteiger partial charge is 0.220 e. The fraction of sp³-hybridized carbons (Fsp3) is 0.333. The number of rotatable bonds is 9. The van der Waals surface area contributed by atoms with E-state index in [2.05, 4.69) is 45.3 Å². The molecule has 0 fully saturated rings. The number of aryl methyl sites for hydroxylation is 1. The van der Waals surface area contributed by atoms with Gasteiger partial charge in [-0.2, -0.15) is 0 Å². The summed E-state index contributed by atoms with van der Waals surface area (Å²) in [5, 5.41) is 4.19. The normalized spacial score (nSPS) is 11.0. The Hall–Kier alpha value is -2.66. The molecule has 0 saturated heterocycles. The van der Waals surface area contributed by atoms with E-state index in [1.165, 1.54) is 16.5 Å². The minimum absolute atomic E-state index is 0.0683. The Morgan fingerprint density at radius 2 is 2.04 bits per heavy atom. The van der Waals surface area contributed by atoms with Gasteiger partial charge >= 0.3 is 0 Å². The summed E-state index contributed by atoms with van der Waals surface area (Å²) in [7, 11) is 1.72. The number of hydrogen-bond donors (Lipinski definition) is 1. The van der Waals surface area contributed by atoms with Crippen molar-refractivity contribution >= 4 is 16.8 Å². The zero-order chi connectivity index (χ0) is 18.2. The first kappa shape index (κ1) is 18.1. The summed E-state index contributed by atoms with van der Waals surface area (Å²) in [6.07, 6.45) is 6.16. The van der Waals surface area contributed by atoms with Crippen LogP contribution in [0.25, 0.3) is 10.9 Å². The Morgan fingerprint density at radius 1 is 1.19 bits per heavy atom. The molecule has 0 aliphatic carbocycles. The lowest BCUT2D eigenvalue weighted by molar-refractivity contribution is -0.121. The average Bonchev–Trinajstić information content (AvgIpc) is 3.03. The van der Waals surface area contributed by atoms with Gasteiger partial charge in [-0.3, -0.25) is 9.78 Å². The first-order valence-electron chi connectivity index (χ1n) is 9.00. The quantitative estimate of drug-likeness (QED) is 0.643. The van der Waals surface area contributed by atoms with Gasteiger partial charge in [0, 0.05) is 43.4 Å². The van der Waals surface area contributed by atoms with Crippen LogP contribution < -0.4 is 5.32 Å². The molecule has 2 heterocycles. The number of nitrogens with zero attached hydrogens (tertiary/aromatic N) is 2. The number of ether oxygens (including phenoxy) is 1. The van der Waals surface area contributed by atoms with Gasteiger partial charge in [0.25, 0.3) is 0 Å². The maximum atomic E-state index is 12.1. The van der Waals surface area contributed by atoms with Gasteiger partial charge in [-0.1, -0.05) is 24.3 Å². The monoisotopic (exact) mass is 351 g/mol. The number of para-hydroxylation sites is 1. The molecule has 0 unspecified atom stereocenters. The Bertz CT molecular complexity index is 843. The predicted molar refractivity (Wildman–Crippen MR) is 103 cm³/mol. The highest BCUT2D eigenvalue weighted by atomic mass is 16.5. The number of aromatic nitrogens is 2. The van der Waals surface area contributed by atoms with Gasteiger partial charge in [0.2, 0.25) is 5.91 Å². The van der Waals surface area contributed by atoms with E-state index in [-0.39, 0.29) is 5.91 Å². The fourth-order valence-electron chi connectivity index (χ4n) is 3.12. The maximum Gasteiger partial charge on any atom is 0.220 e. The van der Waals surface area contributed by atoms with Crippen molar-refractivity contribution in [3.8, 4) is 0 Å². The van der Waals surface area contributed by atoms with Gasteiger partial charge < -0.3 is 14.6 Å². The largest absolute Gasteiger partial charge is 0.383 e. The molecule has 1 amide bonds. The van der Waals surface area contributed by atoms with Crippen LogP contribution in [0.4, 0.5) is 0 Å². The maximum absolute atomic E-state index is 12.1. The molecule has 136 valence electrons. The summed E-state index contributed by atoms with van der Waals surface area (Å²) < 4.78 is 7.43. The molecule has 3 rings (SSSR count). The van der Waals surface area contributed by atoms with Crippen molar-refractivity contribution in [2.75, 3.05) is 13.7 Å². The number of pyridine rings is 1. The van der Waals surface area contributed by atoms with Crippen LogP contribution >= 0.6 is 0 Å². The van der Waals surface area contributed by atoms with E-state index >= 15 is 0 Å². The lowest BCUT2D eigenvalue weighted by atomic mass is 10.1. The molecule has 5 nitrogen and oxygen atoms in total. The Labute approximate surface area is 154 Å². The SMILES string of the molecule is COCCn1cc(CCCC(=O)NCc2ccccn2)c2ccccc21. The number of amides is 1. The molecule has 3 aromatic rings. The molecule has 0 saturated carbocycles. The molecule has 1 aromatic carbocycles. The van der Waals surface area contributed by atoms with E-state index in [1.807, 2.05) is 18.2 Å². The van der Waals surface area contributed by atoms with Crippen molar-refractivity contribution in [1.82, 2.24) is 14.9 Å². The number of benzene rings is 1. The molecule has 0 aliphatic rings. The highest BCUT2D eigenvalue weighted by Crippen LogP contribution is 2.23. The van der Waals surface area contributed by atoms with Crippen molar-refractivity contribution in [3.05, 3.63) is 66.1 Å². The third-order valence-electron chi connectivity index (χ3n) is 4.45. The molecular weight excluding hydrogens is 326 g/mol. The van der Waals surface area contributed by atoms with Gasteiger partial charge in [0.05, 0.1) is 18.8 Å². The Kier molecular flexibility index (Phi) is 6.39. The van der Waals surface area contributed by atoms with E-state index in [9.17, 15) is 4.79 Å². The van der Waals surface area contributed by atoms with Crippen molar-refractivity contribution in [1.29, 1.82) is 0 Å². The van der Waals surface area contributed by atoms with Gasteiger partial charge in [0.15, 0.2) is 0 Å². The van der Waals surface area contributed by atoms with Crippen LogP contribution in [-0.4, -0.2) is 29.2 Å². The number of hydrogen-bond acceptors (Lipinski definition) is 3. The van der Waals surface area contributed by atoms with Gasteiger partial charge in [-0.15, -0.1) is 0 Å². The molecule has 5 heteroatoms. The third kappa shape index (κ3) is 4.70. The average molecular weight is 351 g/mol. The Balaban J connectivity index is 1.53. The van der Waals surface area contributed by atoms with Crippen molar-refractivity contribution in [2.24, 2.45) is 0 Å². The zero-order valence-electron chi connectivity index (χ0n) is 15.1. The van der Waals surface area contributed by atoms with E-state index in [0.29, 0.717) is 19.6 Å². The second-order valence-corrected chi connectivity index (χ2v) is 6.31. The predicted octanol–water partition coefficient (Wildman–Crippen LogP) is 3.32. The highest BCUT2D eigenvalue weighted by molar-refractivity contribution is 5.84. The summed E-state index contributed by atoms with van der Waals surface area (Å²) in [6.45, 7) is 2.01. The van der Waals surface area contributed by atoms with Gasteiger partial charge in [0.1, 0.15) is 0 Å². The van der Waals surface area contributed by atoms with E-state index < -0.39 is 0 Å². The van der Waals surface area contributed by atoms with Crippen LogP contribution in [0.3, 0.4) is 0 Å². The second-order valence-electron chi connectivity index (χ2n) is 6.31. The highest BCUT2D eigenvalue weighted by Gasteiger charge is 2.09. The van der Waals surface area contributed by atoms with Crippen LogP contribution in [0.1, 0.15) is 24.1 Å². The summed E-state index contributed by atoms with van der Waals surface area (Å²) >= 11 is 0. The summed E-state index contributed by atoms with van der Waals surface area (Å²) in [6, 6.07) is 14.1. The standard InChI is InChI=1S/C21H25N3O2/c1-26-14-13-24-16-17(19-9-2-3-10-20(19)24)7-6-11-21(25)23-15-18-8-4-5-12-22-18/h2-5,8-10,12,16H,6-7,11,13-15H2,1H3,(H,23,25). The first-order chi connectivity index (χ1) is 12.8. The van der Waals surface area contributed by atoms with Crippen LogP contribution in [0.15, 0.2) is 54.9 Å². The molecule has 26 heavy (non-hydrogen) atoms. The third-order valence-corrected chi connectivity index (χ3v) is 4.45. The molecule has 0 atom stereocenters. The first-order valence-corrected chi connectivity index (χ1v) is 9.00. The number of methoxy groups -OCH3 is 1.